The number of nitrogens with zero attached hydrogens (tertiary/aromatic N) is 2. The number of pyridine rings is 1. The van der Waals surface area contributed by atoms with E-state index in [0.29, 0.717) is 10.8 Å². The highest BCUT2D eigenvalue weighted by Crippen LogP contribution is 2.22. The van der Waals surface area contributed by atoms with E-state index in [1.807, 2.05) is 11.8 Å². The van der Waals surface area contributed by atoms with Crippen molar-refractivity contribution in [1.82, 2.24) is 9.88 Å². The van der Waals surface area contributed by atoms with E-state index in [0.717, 1.165) is 25.9 Å². The first kappa shape index (κ1) is 13.9. The highest BCUT2D eigenvalue weighted by atomic mass is 32.2. The summed E-state index contributed by atoms with van der Waals surface area (Å²) in [6.45, 7) is 1.46. The second-order valence-corrected chi connectivity index (χ2v) is 5.60. The van der Waals surface area contributed by atoms with Gasteiger partial charge in [0.15, 0.2) is 0 Å². The summed E-state index contributed by atoms with van der Waals surface area (Å²) in [4.78, 5) is 28.6. The minimum atomic E-state index is -1.12. The smallest absolute Gasteiger partial charge is 0.354 e. The second-order valence-electron chi connectivity index (χ2n) is 4.46. The summed E-state index contributed by atoms with van der Waals surface area (Å²) in [7, 11) is 0. The van der Waals surface area contributed by atoms with Gasteiger partial charge in [-0.15, -0.1) is 0 Å². The van der Waals surface area contributed by atoms with Crippen LogP contribution in [0.2, 0.25) is 0 Å². The second kappa shape index (κ2) is 6.06. The normalized spacial score (nSPS) is 16.4. The van der Waals surface area contributed by atoms with Gasteiger partial charge in [-0.3, -0.25) is 4.79 Å². The maximum atomic E-state index is 12.3. The van der Waals surface area contributed by atoms with E-state index in [9.17, 15) is 9.59 Å². The molecule has 5 nitrogen and oxygen atoms in total. The van der Waals surface area contributed by atoms with Crippen molar-refractivity contribution in [2.75, 3.05) is 19.3 Å². The molecule has 19 heavy (non-hydrogen) atoms. The van der Waals surface area contributed by atoms with Crippen LogP contribution in [0.1, 0.15) is 33.7 Å². The maximum Gasteiger partial charge on any atom is 0.354 e. The third kappa shape index (κ3) is 3.26. The van der Waals surface area contributed by atoms with Crippen LogP contribution in [0.25, 0.3) is 0 Å². The lowest BCUT2D eigenvalue weighted by molar-refractivity contribution is 0.0690. The summed E-state index contributed by atoms with van der Waals surface area (Å²) < 4.78 is 0. The standard InChI is InChI=1S/C13H16N2O3S/c1-19-10-3-6-15(7-4-10)12(16)9-2-5-14-11(8-9)13(17)18/h2,5,8,10H,3-4,6-7H2,1H3,(H,17,18). The molecule has 1 aromatic rings. The molecule has 1 saturated heterocycles. The molecule has 0 bridgehead atoms. The van der Waals surface area contributed by atoms with Crippen LogP contribution in [0, 0.1) is 0 Å². The molecular weight excluding hydrogens is 264 g/mol. The Kier molecular flexibility index (Phi) is 4.42. The van der Waals surface area contributed by atoms with Crippen LogP contribution in [0.4, 0.5) is 0 Å². The topological polar surface area (TPSA) is 70.5 Å². The predicted octanol–water partition coefficient (Wildman–Crippen LogP) is 1.75. The van der Waals surface area contributed by atoms with Crippen LogP contribution < -0.4 is 0 Å². The van der Waals surface area contributed by atoms with Gasteiger partial charge in [-0.2, -0.15) is 11.8 Å². The molecule has 0 atom stereocenters. The minimum Gasteiger partial charge on any atom is -0.477 e. The van der Waals surface area contributed by atoms with Crippen molar-refractivity contribution >= 4 is 23.6 Å². The highest BCUT2D eigenvalue weighted by Gasteiger charge is 2.23. The molecule has 6 heteroatoms. The van der Waals surface area contributed by atoms with E-state index in [2.05, 4.69) is 11.2 Å². The zero-order valence-electron chi connectivity index (χ0n) is 10.7. The fraction of sp³-hybridized carbons (Fsp3) is 0.462. The molecule has 2 heterocycles. The Morgan fingerprint density at radius 3 is 2.68 bits per heavy atom. The van der Waals surface area contributed by atoms with Gasteiger partial charge in [0, 0.05) is 30.1 Å². The molecule has 0 aromatic carbocycles. The fourth-order valence-electron chi connectivity index (χ4n) is 2.16. The first-order valence-corrected chi connectivity index (χ1v) is 7.42. The van der Waals surface area contributed by atoms with E-state index in [4.69, 9.17) is 5.11 Å². The Morgan fingerprint density at radius 2 is 2.11 bits per heavy atom. The van der Waals surface area contributed by atoms with Crippen molar-refractivity contribution in [3.8, 4) is 0 Å². The first-order chi connectivity index (χ1) is 9.11. The van der Waals surface area contributed by atoms with Crippen molar-refractivity contribution < 1.29 is 14.7 Å². The third-order valence-corrected chi connectivity index (χ3v) is 4.43. The summed E-state index contributed by atoms with van der Waals surface area (Å²) in [5.41, 5.74) is 0.305. The summed E-state index contributed by atoms with van der Waals surface area (Å²) in [5, 5.41) is 9.50. The summed E-state index contributed by atoms with van der Waals surface area (Å²) in [5.74, 6) is -1.22. The van der Waals surface area contributed by atoms with Crippen LogP contribution in [0.3, 0.4) is 0 Å². The number of amides is 1. The molecule has 0 unspecified atom stereocenters. The van der Waals surface area contributed by atoms with Crippen molar-refractivity contribution in [2.24, 2.45) is 0 Å². The van der Waals surface area contributed by atoms with Gasteiger partial charge in [-0.05, 0) is 31.2 Å². The van der Waals surface area contributed by atoms with E-state index in [-0.39, 0.29) is 11.6 Å². The molecule has 1 amide bonds. The van der Waals surface area contributed by atoms with Crippen LogP contribution in [-0.4, -0.2) is 51.5 Å². The van der Waals surface area contributed by atoms with Gasteiger partial charge >= 0.3 is 5.97 Å². The molecule has 0 saturated carbocycles. The number of likely N-dealkylation sites (tertiary alicyclic amines) is 1. The number of aromatic carboxylic acids is 1. The predicted molar refractivity (Wildman–Crippen MR) is 73.6 cm³/mol. The van der Waals surface area contributed by atoms with Gasteiger partial charge in [0.1, 0.15) is 5.69 Å². The third-order valence-electron chi connectivity index (χ3n) is 3.29. The number of hydrogen-bond donors (Lipinski definition) is 1. The molecule has 2 rings (SSSR count). The van der Waals surface area contributed by atoms with Crippen molar-refractivity contribution in [3.63, 3.8) is 0 Å². The number of carboxylic acids is 1. The molecule has 1 aromatic heterocycles. The number of carboxylic acid groups (broad SMARTS) is 1. The van der Waals surface area contributed by atoms with Crippen molar-refractivity contribution in [3.05, 3.63) is 29.6 Å². The van der Waals surface area contributed by atoms with Crippen LogP contribution in [0.5, 0.6) is 0 Å². The number of piperidine rings is 1. The molecule has 1 aliphatic rings. The van der Waals surface area contributed by atoms with Gasteiger partial charge < -0.3 is 10.0 Å². The van der Waals surface area contributed by atoms with E-state index >= 15 is 0 Å². The average molecular weight is 280 g/mol. The van der Waals surface area contributed by atoms with Gasteiger partial charge in [0.05, 0.1) is 0 Å². The Bertz CT molecular complexity index is 485. The molecular formula is C13H16N2O3S. The summed E-state index contributed by atoms with van der Waals surface area (Å²) in [6.07, 6.45) is 5.43. The zero-order chi connectivity index (χ0) is 13.8. The van der Waals surface area contributed by atoms with Crippen molar-refractivity contribution in [2.45, 2.75) is 18.1 Å². The summed E-state index contributed by atoms with van der Waals surface area (Å²) >= 11 is 1.84. The molecule has 102 valence electrons. The molecule has 1 aliphatic heterocycles. The number of rotatable bonds is 3. The van der Waals surface area contributed by atoms with Crippen LogP contribution in [0.15, 0.2) is 18.3 Å². The van der Waals surface area contributed by atoms with E-state index < -0.39 is 5.97 Å². The van der Waals surface area contributed by atoms with E-state index in [1.54, 1.807) is 11.0 Å². The number of thioether (sulfide) groups is 1. The zero-order valence-corrected chi connectivity index (χ0v) is 11.5. The van der Waals surface area contributed by atoms with Gasteiger partial charge in [-0.25, -0.2) is 9.78 Å². The Labute approximate surface area is 116 Å². The quantitative estimate of drug-likeness (QED) is 0.913. The molecule has 0 spiro atoms. The Morgan fingerprint density at radius 1 is 1.42 bits per heavy atom. The average Bonchev–Trinajstić information content (AvgIpc) is 2.46. The van der Waals surface area contributed by atoms with E-state index in [1.165, 1.54) is 12.3 Å². The summed E-state index contributed by atoms with van der Waals surface area (Å²) in [6, 6.07) is 2.90. The molecule has 1 N–H and O–H groups in total. The van der Waals surface area contributed by atoms with Crippen LogP contribution >= 0.6 is 11.8 Å². The lowest BCUT2D eigenvalue weighted by atomic mass is 10.1. The Balaban J connectivity index is 2.08. The largest absolute Gasteiger partial charge is 0.477 e. The fourth-order valence-corrected chi connectivity index (χ4v) is 2.84. The van der Waals surface area contributed by atoms with Gasteiger partial charge in [-0.1, -0.05) is 0 Å². The lowest BCUT2D eigenvalue weighted by Crippen LogP contribution is -2.39. The highest BCUT2D eigenvalue weighted by molar-refractivity contribution is 7.99. The lowest BCUT2D eigenvalue weighted by Gasteiger charge is -2.31. The maximum absolute atomic E-state index is 12.3. The molecule has 0 radical (unpaired) electrons. The molecule has 1 fully saturated rings. The number of carbonyl (C=O) groups excluding carboxylic acids is 1. The Hall–Kier alpha value is -1.56. The number of hydrogen-bond acceptors (Lipinski definition) is 4. The SMILES string of the molecule is CSC1CCN(C(=O)c2ccnc(C(=O)O)c2)CC1. The minimum absolute atomic E-state index is 0.0927. The monoisotopic (exact) mass is 280 g/mol. The van der Waals surface area contributed by atoms with Crippen molar-refractivity contribution in [1.29, 1.82) is 0 Å². The first-order valence-electron chi connectivity index (χ1n) is 6.13. The number of carbonyl (C=O) groups is 2. The van der Waals surface area contributed by atoms with Crippen LogP contribution in [-0.2, 0) is 0 Å². The van der Waals surface area contributed by atoms with Gasteiger partial charge in [0.25, 0.3) is 5.91 Å². The van der Waals surface area contributed by atoms with Gasteiger partial charge in [0.2, 0.25) is 0 Å². The number of aromatic nitrogens is 1. The molecule has 0 aliphatic carbocycles.